The zero-order valence-electron chi connectivity index (χ0n) is 53.8. The highest BCUT2D eigenvalue weighted by atomic mass is 35.5. The van der Waals surface area contributed by atoms with Crippen LogP contribution < -0.4 is 29.6 Å². The van der Waals surface area contributed by atoms with Gasteiger partial charge in [-0.25, -0.2) is 19.7 Å². The summed E-state index contributed by atoms with van der Waals surface area (Å²) in [6.45, 7) is 11.6. The number of halogens is 4. The Balaban J connectivity index is 0.000000160. The van der Waals surface area contributed by atoms with Crippen LogP contribution in [0.15, 0.2) is 189 Å². The van der Waals surface area contributed by atoms with E-state index >= 15 is 0 Å². The molecule has 0 aliphatic rings. The third-order valence-electron chi connectivity index (χ3n) is 14.2. The first-order valence-corrected chi connectivity index (χ1v) is 31.3. The number of aliphatic hydroxyl groups is 1. The first kappa shape index (κ1) is 69.9. The van der Waals surface area contributed by atoms with Gasteiger partial charge in [0.15, 0.2) is 6.29 Å². The van der Waals surface area contributed by atoms with Gasteiger partial charge >= 0.3 is 12.2 Å². The normalized spacial score (nSPS) is 11.4. The van der Waals surface area contributed by atoms with E-state index in [0.29, 0.717) is 62.5 Å². The molecule has 9 heterocycles. The first-order valence-electron chi connectivity index (χ1n) is 30.2. The average molecular weight is 1360 g/mol. The minimum atomic E-state index is -1.02. The van der Waals surface area contributed by atoms with Gasteiger partial charge in [0.1, 0.15) is 52.4 Å². The van der Waals surface area contributed by atoms with Crippen LogP contribution in [0.4, 0.5) is 31.4 Å². The Morgan fingerprint density at radius 3 is 1.79 bits per heavy atom. The van der Waals surface area contributed by atoms with E-state index in [1.54, 1.807) is 116 Å². The number of ether oxygens (including phenoxy) is 4. The Kier molecular flexibility index (Phi) is 23.4. The summed E-state index contributed by atoms with van der Waals surface area (Å²) in [5.41, 5.74) is 6.94. The number of pyridine rings is 6. The molecule has 1 atom stereocenters. The Morgan fingerprint density at radius 2 is 1.19 bits per heavy atom. The van der Waals surface area contributed by atoms with Gasteiger partial charge in [-0.1, -0.05) is 75.8 Å². The molecule has 0 aliphatic carbocycles. The number of aliphatic hydroxyl groups excluding tert-OH is 1. The highest BCUT2D eigenvalue weighted by Gasteiger charge is 2.31. The van der Waals surface area contributed by atoms with Gasteiger partial charge in [-0.05, 0) is 173 Å². The molecular formula is C72H71Cl3FN12O8+. The number of aromatic amines is 3. The summed E-state index contributed by atoms with van der Waals surface area (Å²) in [6, 6.07) is 45.8. The second-order valence-corrected chi connectivity index (χ2v) is 24.8. The number of hydrogen-bond acceptors (Lipinski definition) is 15. The second-order valence-electron chi connectivity index (χ2n) is 23.5. The van der Waals surface area contributed by atoms with Crippen LogP contribution in [-0.4, -0.2) is 88.9 Å². The summed E-state index contributed by atoms with van der Waals surface area (Å²) in [6.07, 6.45) is 9.41. The lowest BCUT2D eigenvalue weighted by molar-refractivity contribution is -0.605. The molecule has 0 saturated carbocycles. The van der Waals surface area contributed by atoms with Crippen molar-refractivity contribution in [2.75, 3.05) is 29.8 Å². The van der Waals surface area contributed by atoms with E-state index in [1.807, 2.05) is 103 Å². The van der Waals surface area contributed by atoms with Crippen molar-refractivity contribution >= 4 is 104 Å². The minimum absolute atomic E-state index is 0.173. The lowest BCUT2D eigenvalue weighted by Gasteiger charge is -2.27. The van der Waals surface area contributed by atoms with E-state index in [-0.39, 0.29) is 23.8 Å². The van der Waals surface area contributed by atoms with Crippen LogP contribution in [0.25, 0.3) is 33.1 Å². The van der Waals surface area contributed by atoms with Crippen molar-refractivity contribution < 1.29 is 47.4 Å². The van der Waals surface area contributed by atoms with Crippen molar-refractivity contribution in [2.45, 2.75) is 84.9 Å². The monoisotopic (exact) mass is 1360 g/mol. The lowest BCUT2D eigenvalue weighted by Crippen LogP contribution is -2.52. The van der Waals surface area contributed by atoms with E-state index < -0.39 is 35.4 Å². The molecule has 0 saturated heterocycles. The summed E-state index contributed by atoms with van der Waals surface area (Å²) in [7, 11) is 3.11. The van der Waals surface area contributed by atoms with E-state index in [4.69, 9.17) is 53.8 Å². The zero-order valence-corrected chi connectivity index (χ0v) is 56.1. The maximum atomic E-state index is 14.5. The molecule has 6 N–H and O–H groups in total. The fourth-order valence-electron chi connectivity index (χ4n) is 9.64. The van der Waals surface area contributed by atoms with Gasteiger partial charge in [0, 0.05) is 104 Å². The van der Waals surface area contributed by atoms with Gasteiger partial charge in [0.2, 0.25) is 11.8 Å². The molecule has 12 aromatic rings. The number of fused-ring (bicyclic) bond motifs is 3. The predicted molar refractivity (Wildman–Crippen MR) is 372 cm³/mol. The smallest absolute Gasteiger partial charge is 0.481 e. The highest BCUT2D eigenvalue weighted by Crippen LogP contribution is 2.35. The molecule has 24 heteroatoms. The SMILES string of the molecule is CC(C)(C)OC(=O)[n+]1c(NCc2ccc(Cl)cc2)ccc(C=O)c1F.COc1nc(N(Cc2ccc(Cl)cc2)C(=O)OC(C)(C)C)ccc1C(O)c1c[nH]c2ncccc12.COc1nc(NCc2ccc(Cl)cc2)ccc1Cc1c[nH]c2ncccc12.c1cnc2[nH]ccc2c1. The number of carbonyl (C=O) groups excluding carboxylic acids is 3. The zero-order chi connectivity index (χ0) is 68.5. The van der Waals surface area contributed by atoms with Gasteiger partial charge in [0.05, 0.1) is 26.3 Å². The molecule has 0 spiro atoms. The standard InChI is InChI=1S/C26H27ClN4O4.C21H19ClN4O.C18H18ClFN2O3.C7H6N2/c1-26(2,3)35-25(33)31(15-16-7-9-17(27)10-8-16)21-12-11-19(24(30-21)34-4)22(32)20-14-29-23-18(20)6-5-13-28-23;1-27-21-15(11-16-13-25-20-18(16)3-2-10-23-20)6-9-19(26-21)24-12-14-4-7-17(22)8-5-14;1-18(2,3)25-17(24)22-15(9-6-13(11-23)16(22)20)21-10-12-4-7-14(19)8-5-12;1-2-6-3-5-9-7(6)8-4-1/h5-14,22,32H,15H2,1-4H3,(H,28,29);2-10,13H,11-12H2,1H3,(H,23,25)(H,24,26);4-9,11H,10H2,1-3H3;1-5H,(H,8,9)/p+1. The number of nitrogens with zero attached hydrogens (tertiary/aromatic N) is 7. The van der Waals surface area contributed by atoms with E-state index in [2.05, 4.69) is 56.6 Å². The van der Waals surface area contributed by atoms with Crippen molar-refractivity contribution in [1.29, 1.82) is 0 Å². The number of methoxy groups -OCH3 is 2. The van der Waals surface area contributed by atoms with Gasteiger partial charge in [-0.3, -0.25) is 15.0 Å². The molecule has 1 unspecified atom stereocenters. The summed E-state index contributed by atoms with van der Waals surface area (Å²) >= 11 is 17.8. The summed E-state index contributed by atoms with van der Waals surface area (Å²) in [4.78, 5) is 69.0. The third-order valence-corrected chi connectivity index (χ3v) is 15.0. The second kappa shape index (κ2) is 32.1. The van der Waals surface area contributed by atoms with Crippen LogP contribution >= 0.6 is 34.8 Å². The van der Waals surface area contributed by atoms with Gasteiger partial charge in [-0.2, -0.15) is 19.2 Å². The lowest BCUT2D eigenvalue weighted by atomic mass is 10.0. The molecule has 20 nitrogen and oxygen atoms in total. The van der Waals surface area contributed by atoms with Crippen molar-refractivity contribution in [1.82, 2.24) is 39.9 Å². The van der Waals surface area contributed by atoms with Gasteiger partial charge < -0.3 is 44.3 Å². The molecule has 12 rings (SSSR count). The Morgan fingerprint density at radius 1 is 0.615 bits per heavy atom. The number of hydrogen-bond donors (Lipinski definition) is 6. The first-order chi connectivity index (χ1) is 46.1. The molecule has 3 aromatic carbocycles. The maximum absolute atomic E-state index is 14.5. The van der Waals surface area contributed by atoms with Crippen molar-refractivity contribution in [2.24, 2.45) is 0 Å². The van der Waals surface area contributed by atoms with Crippen LogP contribution in [-0.2, 0) is 35.5 Å². The molecule has 96 heavy (non-hydrogen) atoms. The topological polar surface area (TPSA) is 251 Å². The number of aromatic nitrogens is 9. The molecule has 0 fully saturated rings. The van der Waals surface area contributed by atoms with Crippen LogP contribution in [0.3, 0.4) is 0 Å². The predicted octanol–water partition coefficient (Wildman–Crippen LogP) is 16.0. The van der Waals surface area contributed by atoms with Crippen molar-refractivity contribution in [3.63, 3.8) is 0 Å². The number of carbonyl (C=O) groups is 3. The Bertz CT molecular complexity index is 4570. The number of aldehydes is 1. The van der Waals surface area contributed by atoms with Crippen LogP contribution in [0.1, 0.15) is 96.9 Å². The molecule has 494 valence electrons. The Hall–Kier alpha value is -10.5. The van der Waals surface area contributed by atoms with E-state index in [0.717, 1.165) is 67.0 Å². The number of anilines is 3. The molecular weight excluding hydrogens is 1290 g/mol. The minimum Gasteiger partial charge on any atom is -0.481 e. The van der Waals surface area contributed by atoms with Crippen LogP contribution in [0, 0.1) is 5.95 Å². The van der Waals surface area contributed by atoms with Crippen molar-refractivity contribution in [3.05, 3.63) is 254 Å². The molecule has 0 aliphatic heterocycles. The van der Waals surface area contributed by atoms with E-state index in [9.17, 15) is 23.9 Å². The number of H-pyrrole nitrogens is 3. The number of nitrogens with one attached hydrogen (secondary N) is 5. The molecule has 1 amide bonds. The van der Waals surface area contributed by atoms with Crippen LogP contribution in [0.2, 0.25) is 15.1 Å². The summed E-state index contributed by atoms with van der Waals surface area (Å²) in [5, 5.41) is 22.5. The average Bonchev–Trinajstić information content (AvgIpc) is 1.41. The quantitative estimate of drug-likeness (QED) is 0.0299. The van der Waals surface area contributed by atoms with Gasteiger partial charge in [-0.15, -0.1) is 0 Å². The molecule has 0 bridgehead atoms. The summed E-state index contributed by atoms with van der Waals surface area (Å²) < 4.78 is 37.1. The maximum Gasteiger partial charge on any atom is 0.514 e. The largest absolute Gasteiger partial charge is 0.514 e. The number of amides is 1. The number of rotatable bonds is 16. The summed E-state index contributed by atoms with van der Waals surface area (Å²) in [5.74, 6) is 1.10. The third kappa shape index (κ3) is 18.9. The molecule has 0 radical (unpaired) electrons. The highest BCUT2D eigenvalue weighted by molar-refractivity contribution is 6.31. The Labute approximate surface area is 568 Å². The van der Waals surface area contributed by atoms with Gasteiger partial charge in [0.25, 0.3) is 11.8 Å². The van der Waals surface area contributed by atoms with Crippen LogP contribution in [0.5, 0.6) is 11.8 Å². The fourth-order valence-corrected chi connectivity index (χ4v) is 10.0. The number of benzene rings is 3. The molecule has 9 aromatic heterocycles. The fraction of sp³-hybridized carbons (Fsp3) is 0.208. The van der Waals surface area contributed by atoms with E-state index in [1.165, 1.54) is 29.7 Å². The van der Waals surface area contributed by atoms with Crippen molar-refractivity contribution in [3.8, 4) is 11.8 Å².